The van der Waals surface area contributed by atoms with Crippen molar-refractivity contribution in [1.29, 1.82) is 0 Å². The molecule has 0 radical (unpaired) electrons. The molecule has 0 spiro atoms. The molecule has 194 valence electrons. The van der Waals surface area contributed by atoms with Gasteiger partial charge in [0.2, 0.25) is 0 Å². The number of fused-ring (bicyclic) bond motifs is 2. The predicted molar refractivity (Wildman–Crippen MR) is 150 cm³/mol. The molecule has 4 heterocycles. The Morgan fingerprint density at radius 1 is 1.11 bits per heavy atom. The maximum Gasteiger partial charge on any atom is 0.309 e. The normalized spacial score (nSPS) is 14.5. The zero-order chi connectivity index (χ0) is 26.4. The van der Waals surface area contributed by atoms with Gasteiger partial charge in [0.15, 0.2) is 0 Å². The van der Waals surface area contributed by atoms with Gasteiger partial charge in [-0.1, -0.05) is 23.7 Å². The number of piperidine rings is 1. The van der Waals surface area contributed by atoms with Crippen molar-refractivity contribution >= 4 is 45.2 Å². The van der Waals surface area contributed by atoms with Crippen molar-refractivity contribution < 1.29 is 9.53 Å². The number of hydrogen-bond acceptors (Lipinski definition) is 6. The van der Waals surface area contributed by atoms with Crippen molar-refractivity contribution in [2.75, 3.05) is 24.6 Å². The van der Waals surface area contributed by atoms with Gasteiger partial charge >= 0.3 is 5.97 Å². The second kappa shape index (κ2) is 9.76. The van der Waals surface area contributed by atoms with Crippen LogP contribution in [0.2, 0.25) is 5.02 Å². The maximum atomic E-state index is 12.1. The van der Waals surface area contributed by atoms with E-state index in [1.54, 1.807) is 0 Å². The van der Waals surface area contributed by atoms with Gasteiger partial charge in [0, 0.05) is 47.7 Å². The summed E-state index contributed by atoms with van der Waals surface area (Å²) in [6, 6.07) is 14.1. The monoisotopic (exact) mass is 528 g/mol. The predicted octanol–water partition coefficient (Wildman–Crippen LogP) is 5.72. The van der Waals surface area contributed by atoms with Crippen LogP contribution in [-0.4, -0.2) is 50.2 Å². The topological polar surface area (TPSA) is 78.1 Å². The number of anilines is 1. The first-order valence-electron chi connectivity index (χ1n) is 12.9. The Hall–Kier alpha value is -3.91. The molecule has 0 N–H and O–H groups in total. The van der Waals surface area contributed by atoms with Crippen LogP contribution in [0, 0.1) is 12.8 Å². The molecule has 38 heavy (non-hydrogen) atoms. The molecule has 1 fully saturated rings. The molecule has 6 rings (SSSR count). The SMILES string of the molecule is CCOC(=O)C1CCN(c2ccc(-n3nc(-c4cccc5nn(C)cc45)c4cc(Cl)cc(C)c43)cn2)CC1. The molecule has 0 saturated carbocycles. The highest BCUT2D eigenvalue weighted by Gasteiger charge is 2.27. The Bertz CT molecular complexity index is 1650. The second-order valence-corrected chi connectivity index (χ2v) is 10.2. The summed E-state index contributed by atoms with van der Waals surface area (Å²) in [5.41, 5.74) is 5.69. The summed E-state index contributed by atoms with van der Waals surface area (Å²) in [5.74, 6) is 0.778. The molecule has 1 aliphatic heterocycles. The Balaban J connectivity index is 1.36. The van der Waals surface area contributed by atoms with E-state index in [9.17, 15) is 4.79 Å². The van der Waals surface area contributed by atoms with E-state index in [1.165, 1.54) is 0 Å². The minimum absolute atomic E-state index is 0.0293. The number of esters is 1. The lowest BCUT2D eigenvalue weighted by Gasteiger charge is -2.31. The number of carbonyl (C=O) groups is 1. The van der Waals surface area contributed by atoms with Crippen LogP contribution in [0.3, 0.4) is 0 Å². The summed E-state index contributed by atoms with van der Waals surface area (Å²) in [7, 11) is 1.92. The number of ether oxygens (including phenoxy) is 1. The van der Waals surface area contributed by atoms with Gasteiger partial charge in [0.1, 0.15) is 11.5 Å². The smallest absolute Gasteiger partial charge is 0.309 e. The standard InChI is InChI=1S/C29H29ClN6O2/c1-4-38-29(37)19-10-12-35(13-11-19)26-9-8-21(16-31-26)36-28-18(2)14-20(30)15-23(28)27(33-36)22-6-5-7-25-24(22)17-34(3)32-25/h5-9,14-17,19H,4,10-13H2,1-3H3. The second-order valence-electron chi connectivity index (χ2n) is 9.81. The van der Waals surface area contributed by atoms with Crippen LogP contribution in [0.4, 0.5) is 5.82 Å². The average Bonchev–Trinajstić information content (AvgIpc) is 3.49. The van der Waals surface area contributed by atoms with Crippen molar-refractivity contribution in [1.82, 2.24) is 24.5 Å². The number of aromatic nitrogens is 5. The first-order valence-corrected chi connectivity index (χ1v) is 13.3. The van der Waals surface area contributed by atoms with Crippen LogP contribution >= 0.6 is 11.6 Å². The number of benzene rings is 2. The van der Waals surface area contributed by atoms with Crippen molar-refractivity contribution in [3.05, 3.63) is 65.4 Å². The van der Waals surface area contributed by atoms with E-state index in [0.717, 1.165) is 76.1 Å². The van der Waals surface area contributed by atoms with E-state index in [4.69, 9.17) is 26.4 Å². The highest BCUT2D eigenvalue weighted by atomic mass is 35.5. The summed E-state index contributed by atoms with van der Waals surface area (Å²) in [6.45, 7) is 5.87. The lowest BCUT2D eigenvalue weighted by atomic mass is 9.97. The first kappa shape index (κ1) is 24.4. The summed E-state index contributed by atoms with van der Waals surface area (Å²) in [5, 5.41) is 12.4. The number of carbonyl (C=O) groups excluding carboxylic acids is 1. The van der Waals surface area contributed by atoms with Crippen LogP contribution in [0.1, 0.15) is 25.3 Å². The van der Waals surface area contributed by atoms with E-state index in [-0.39, 0.29) is 11.9 Å². The highest BCUT2D eigenvalue weighted by molar-refractivity contribution is 6.31. The van der Waals surface area contributed by atoms with Gasteiger partial charge in [-0.2, -0.15) is 10.2 Å². The number of rotatable bonds is 5. The molecule has 2 aromatic carbocycles. The van der Waals surface area contributed by atoms with Crippen molar-refractivity contribution in [2.24, 2.45) is 13.0 Å². The number of hydrogen-bond donors (Lipinski definition) is 0. The molecule has 0 bridgehead atoms. The molecule has 1 aliphatic rings. The lowest BCUT2D eigenvalue weighted by molar-refractivity contribution is -0.148. The van der Waals surface area contributed by atoms with Gasteiger partial charge in [-0.15, -0.1) is 0 Å². The lowest BCUT2D eigenvalue weighted by Crippen LogP contribution is -2.37. The third kappa shape index (κ3) is 4.28. The number of pyridine rings is 1. The zero-order valence-electron chi connectivity index (χ0n) is 21.7. The maximum absolute atomic E-state index is 12.1. The molecule has 1 saturated heterocycles. The van der Waals surface area contributed by atoms with Gasteiger partial charge in [-0.25, -0.2) is 9.67 Å². The fraction of sp³-hybridized carbons (Fsp3) is 0.310. The Labute approximate surface area is 225 Å². The molecule has 0 amide bonds. The largest absolute Gasteiger partial charge is 0.466 e. The zero-order valence-corrected chi connectivity index (χ0v) is 22.4. The Morgan fingerprint density at radius 2 is 1.92 bits per heavy atom. The molecule has 0 unspecified atom stereocenters. The third-order valence-electron chi connectivity index (χ3n) is 7.27. The number of halogens is 1. The minimum Gasteiger partial charge on any atom is -0.466 e. The summed E-state index contributed by atoms with van der Waals surface area (Å²) in [4.78, 5) is 19.1. The van der Waals surface area contributed by atoms with E-state index in [2.05, 4.69) is 29.1 Å². The van der Waals surface area contributed by atoms with Gasteiger partial charge in [-0.3, -0.25) is 9.48 Å². The highest BCUT2D eigenvalue weighted by Crippen LogP contribution is 2.37. The van der Waals surface area contributed by atoms with Crippen LogP contribution < -0.4 is 4.90 Å². The van der Waals surface area contributed by atoms with Gasteiger partial charge < -0.3 is 9.64 Å². The molecule has 0 atom stereocenters. The number of nitrogens with zero attached hydrogens (tertiary/aromatic N) is 6. The molecular formula is C29H29ClN6O2. The molecular weight excluding hydrogens is 500 g/mol. The van der Waals surface area contributed by atoms with Gasteiger partial charge in [0.25, 0.3) is 0 Å². The van der Waals surface area contributed by atoms with Crippen LogP contribution in [-0.2, 0) is 16.6 Å². The van der Waals surface area contributed by atoms with Gasteiger partial charge in [-0.05, 0) is 62.6 Å². The van der Waals surface area contributed by atoms with E-state index < -0.39 is 0 Å². The van der Waals surface area contributed by atoms with Crippen molar-refractivity contribution in [3.8, 4) is 16.9 Å². The first-order chi connectivity index (χ1) is 18.4. The molecule has 8 nitrogen and oxygen atoms in total. The van der Waals surface area contributed by atoms with Crippen LogP contribution in [0.15, 0.2) is 54.9 Å². The van der Waals surface area contributed by atoms with E-state index >= 15 is 0 Å². The summed E-state index contributed by atoms with van der Waals surface area (Å²) >= 11 is 6.51. The fourth-order valence-electron chi connectivity index (χ4n) is 5.45. The van der Waals surface area contributed by atoms with Crippen molar-refractivity contribution in [3.63, 3.8) is 0 Å². The van der Waals surface area contributed by atoms with E-state index in [0.29, 0.717) is 11.6 Å². The molecule has 0 aliphatic carbocycles. The van der Waals surface area contributed by atoms with Crippen LogP contribution in [0.25, 0.3) is 38.8 Å². The van der Waals surface area contributed by atoms with Gasteiger partial charge in [0.05, 0.1) is 35.4 Å². The molecule has 3 aromatic heterocycles. The summed E-state index contributed by atoms with van der Waals surface area (Å²) in [6.07, 6.45) is 5.43. The Morgan fingerprint density at radius 3 is 2.66 bits per heavy atom. The quantitative estimate of drug-likeness (QED) is 0.272. The number of aryl methyl sites for hydroxylation is 2. The Kier molecular flexibility index (Phi) is 6.27. The minimum atomic E-state index is -0.0886. The third-order valence-corrected chi connectivity index (χ3v) is 7.49. The van der Waals surface area contributed by atoms with E-state index in [1.807, 2.05) is 66.1 Å². The fourth-order valence-corrected chi connectivity index (χ4v) is 5.72. The summed E-state index contributed by atoms with van der Waals surface area (Å²) < 4.78 is 8.98. The average molecular weight is 529 g/mol. The van der Waals surface area contributed by atoms with Crippen molar-refractivity contribution in [2.45, 2.75) is 26.7 Å². The van der Waals surface area contributed by atoms with Crippen LogP contribution in [0.5, 0.6) is 0 Å². The molecule has 9 heteroatoms. The molecule has 5 aromatic rings.